The van der Waals surface area contributed by atoms with E-state index in [2.05, 4.69) is 0 Å². The van der Waals surface area contributed by atoms with E-state index in [0.29, 0.717) is 25.1 Å². The number of carboxylic acid groups (broad SMARTS) is 1. The molecule has 1 aliphatic rings. The summed E-state index contributed by atoms with van der Waals surface area (Å²) in [6.07, 6.45) is 2.67. The molecule has 0 saturated heterocycles. The number of benzene rings is 2. The summed E-state index contributed by atoms with van der Waals surface area (Å²) in [5.74, 6) is -1.16. The fourth-order valence-electron chi connectivity index (χ4n) is 3.05. The van der Waals surface area contributed by atoms with Crippen molar-refractivity contribution in [3.63, 3.8) is 0 Å². The van der Waals surface area contributed by atoms with Crippen molar-refractivity contribution in [2.75, 3.05) is 13.1 Å². The third-order valence-corrected chi connectivity index (χ3v) is 4.24. The van der Waals surface area contributed by atoms with Crippen LogP contribution in [0.15, 0.2) is 54.6 Å². The van der Waals surface area contributed by atoms with Crippen LogP contribution in [0.1, 0.15) is 23.6 Å². The van der Waals surface area contributed by atoms with Crippen LogP contribution in [0.25, 0.3) is 5.57 Å². The molecule has 2 aromatic rings. The van der Waals surface area contributed by atoms with Crippen molar-refractivity contribution in [2.45, 2.75) is 12.5 Å². The average Bonchev–Trinajstić information content (AvgIpc) is 2.56. The number of aliphatic carboxylic acids is 1. The molecule has 24 heavy (non-hydrogen) atoms. The van der Waals surface area contributed by atoms with E-state index in [-0.39, 0.29) is 11.6 Å². The van der Waals surface area contributed by atoms with E-state index < -0.39 is 12.0 Å². The molecule has 1 atom stereocenters. The van der Waals surface area contributed by atoms with Gasteiger partial charge in [-0.2, -0.15) is 0 Å². The molecular weight excluding hydrogens is 309 g/mol. The highest BCUT2D eigenvalue weighted by atomic mass is 19.1. The Labute approximate surface area is 139 Å². The summed E-state index contributed by atoms with van der Waals surface area (Å²) in [7, 11) is 0. The Kier molecular flexibility index (Phi) is 4.62. The molecular formula is C19H18FNO3. The van der Waals surface area contributed by atoms with E-state index in [1.807, 2.05) is 11.0 Å². The summed E-state index contributed by atoms with van der Waals surface area (Å²) >= 11 is 0. The molecule has 0 saturated carbocycles. The summed E-state index contributed by atoms with van der Waals surface area (Å²) < 4.78 is 13.0. The van der Waals surface area contributed by atoms with Crippen LogP contribution >= 0.6 is 0 Å². The van der Waals surface area contributed by atoms with Crippen molar-refractivity contribution in [2.24, 2.45) is 0 Å². The Morgan fingerprint density at radius 3 is 2.50 bits per heavy atom. The van der Waals surface area contributed by atoms with Crippen molar-refractivity contribution in [1.29, 1.82) is 0 Å². The van der Waals surface area contributed by atoms with Crippen LogP contribution in [-0.4, -0.2) is 34.2 Å². The van der Waals surface area contributed by atoms with E-state index >= 15 is 0 Å². The van der Waals surface area contributed by atoms with Crippen molar-refractivity contribution < 1.29 is 19.4 Å². The van der Waals surface area contributed by atoms with Crippen molar-refractivity contribution >= 4 is 11.5 Å². The third-order valence-electron chi connectivity index (χ3n) is 4.24. The smallest absolute Gasteiger partial charge is 0.325 e. The lowest BCUT2D eigenvalue weighted by Gasteiger charge is -2.32. The fraction of sp³-hybridized carbons (Fsp3) is 0.211. The lowest BCUT2D eigenvalue weighted by molar-refractivity contribution is -0.143. The van der Waals surface area contributed by atoms with Crippen LogP contribution in [-0.2, 0) is 4.79 Å². The number of carbonyl (C=O) groups is 1. The van der Waals surface area contributed by atoms with Crippen LogP contribution in [0.4, 0.5) is 4.39 Å². The number of hydrogen-bond acceptors (Lipinski definition) is 3. The second kappa shape index (κ2) is 6.84. The number of nitrogens with zero attached hydrogens (tertiary/aromatic N) is 1. The normalized spacial score (nSPS) is 16.5. The average molecular weight is 327 g/mol. The molecule has 0 radical (unpaired) electrons. The molecule has 5 heteroatoms. The first-order chi connectivity index (χ1) is 11.5. The van der Waals surface area contributed by atoms with E-state index in [4.69, 9.17) is 0 Å². The number of phenolic OH excluding ortho intramolecular Hbond substituents is 1. The first-order valence-electron chi connectivity index (χ1n) is 7.75. The standard InChI is InChI=1S/C19H18FNO3/c20-16-6-4-13(5-7-16)14-8-10-21(11-9-14)18(19(23)24)15-2-1-3-17(22)12-15/h1-8,12,18,22H,9-11H2,(H,23,24)/t18-/m0/s1. The first-order valence-corrected chi connectivity index (χ1v) is 7.75. The number of hydrogen-bond donors (Lipinski definition) is 2. The van der Waals surface area contributed by atoms with Gasteiger partial charge in [-0.25, -0.2) is 4.39 Å². The van der Waals surface area contributed by atoms with Crippen molar-refractivity contribution in [1.82, 2.24) is 4.90 Å². The van der Waals surface area contributed by atoms with Crippen LogP contribution in [0.5, 0.6) is 5.75 Å². The molecule has 4 nitrogen and oxygen atoms in total. The molecule has 0 spiro atoms. The Hall–Kier alpha value is -2.66. The number of phenols is 1. The van der Waals surface area contributed by atoms with Gasteiger partial charge in [-0.15, -0.1) is 0 Å². The summed E-state index contributed by atoms with van der Waals surface area (Å²) in [5, 5.41) is 19.2. The SMILES string of the molecule is O=C(O)[C@H](c1cccc(O)c1)N1CC=C(c2ccc(F)cc2)CC1. The van der Waals surface area contributed by atoms with Crippen LogP contribution in [0, 0.1) is 5.82 Å². The summed E-state index contributed by atoms with van der Waals surface area (Å²) in [6.45, 7) is 1.06. The van der Waals surface area contributed by atoms with Gasteiger partial charge in [-0.05, 0) is 47.4 Å². The second-order valence-electron chi connectivity index (χ2n) is 5.82. The quantitative estimate of drug-likeness (QED) is 0.903. The van der Waals surface area contributed by atoms with E-state index in [1.165, 1.54) is 24.3 Å². The topological polar surface area (TPSA) is 60.8 Å². The monoisotopic (exact) mass is 327 g/mol. The van der Waals surface area contributed by atoms with Gasteiger partial charge >= 0.3 is 5.97 Å². The summed E-state index contributed by atoms with van der Waals surface area (Å²) in [4.78, 5) is 13.6. The van der Waals surface area contributed by atoms with E-state index in [9.17, 15) is 19.4 Å². The third kappa shape index (κ3) is 3.46. The number of rotatable bonds is 4. The zero-order chi connectivity index (χ0) is 17.1. The molecule has 1 heterocycles. The molecule has 2 N–H and O–H groups in total. The Morgan fingerprint density at radius 1 is 1.17 bits per heavy atom. The molecule has 124 valence electrons. The Morgan fingerprint density at radius 2 is 1.92 bits per heavy atom. The molecule has 0 aliphatic carbocycles. The molecule has 0 unspecified atom stereocenters. The predicted molar refractivity (Wildman–Crippen MR) is 89.1 cm³/mol. The molecule has 0 amide bonds. The van der Waals surface area contributed by atoms with Gasteiger partial charge in [-0.3, -0.25) is 9.69 Å². The predicted octanol–water partition coefficient (Wildman–Crippen LogP) is 3.45. The fourth-order valence-corrected chi connectivity index (χ4v) is 3.05. The van der Waals surface area contributed by atoms with Gasteiger partial charge in [0.25, 0.3) is 0 Å². The minimum Gasteiger partial charge on any atom is -0.508 e. The molecule has 1 aliphatic heterocycles. The summed E-state index contributed by atoms with van der Waals surface area (Å²) in [6, 6.07) is 11.9. The van der Waals surface area contributed by atoms with Gasteiger partial charge in [0.2, 0.25) is 0 Å². The highest BCUT2D eigenvalue weighted by Gasteiger charge is 2.28. The van der Waals surface area contributed by atoms with Gasteiger partial charge in [0, 0.05) is 13.1 Å². The zero-order valence-electron chi connectivity index (χ0n) is 13.0. The highest BCUT2D eigenvalue weighted by molar-refractivity contribution is 5.76. The van der Waals surface area contributed by atoms with Gasteiger partial charge in [-0.1, -0.05) is 30.3 Å². The molecule has 0 bridgehead atoms. The maximum atomic E-state index is 13.0. The number of halogens is 1. The molecule has 3 rings (SSSR count). The Balaban J connectivity index is 1.80. The maximum absolute atomic E-state index is 13.0. The minimum absolute atomic E-state index is 0.0540. The first kappa shape index (κ1) is 16.2. The molecule has 2 aromatic carbocycles. The van der Waals surface area contributed by atoms with E-state index in [0.717, 1.165) is 11.1 Å². The van der Waals surface area contributed by atoms with Crippen LogP contribution in [0.2, 0.25) is 0 Å². The van der Waals surface area contributed by atoms with E-state index in [1.54, 1.807) is 24.3 Å². The van der Waals surface area contributed by atoms with Gasteiger partial charge in [0.05, 0.1) is 0 Å². The molecule has 0 fully saturated rings. The maximum Gasteiger partial charge on any atom is 0.325 e. The lowest BCUT2D eigenvalue weighted by atomic mass is 9.97. The number of carboxylic acids is 1. The van der Waals surface area contributed by atoms with Gasteiger partial charge < -0.3 is 10.2 Å². The molecule has 0 aromatic heterocycles. The van der Waals surface area contributed by atoms with Crippen molar-refractivity contribution in [3.8, 4) is 5.75 Å². The van der Waals surface area contributed by atoms with Crippen molar-refractivity contribution in [3.05, 3.63) is 71.6 Å². The van der Waals surface area contributed by atoms with Gasteiger partial charge in [0.15, 0.2) is 0 Å². The summed E-state index contributed by atoms with van der Waals surface area (Å²) in [5.41, 5.74) is 2.60. The van der Waals surface area contributed by atoms with Gasteiger partial charge in [0.1, 0.15) is 17.6 Å². The minimum atomic E-state index is -0.945. The largest absolute Gasteiger partial charge is 0.508 e. The van der Waals surface area contributed by atoms with Crippen LogP contribution < -0.4 is 0 Å². The number of aromatic hydroxyl groups is 1. The zero-order valence-corrected chi connectivity index (χ0v) is 13.0. The highest BCUT2D eigenvalue weighted by Crippen LogP contribution is 2.29. The second-order valence-corrected chi connectivity index (χ2v) is 5.82. The van der Waals surface area contributed by atoms with Crippen LogP contribution in [0.3, 0.4) is 0 Å². The Bertz CT molecular complexity index is 770. The lowest BCUT2D eigenvalue weighted by Crippen LogP contribution is -2.37.